The van der Waals surface area contributed by atoms with E-state index in [-0.39, 0.29) is 11.3 Å². The number of esters is 2. The molecule has 0 atom stereocenters. The molecule has 7 nitrogen and oxygen atoms in total. The third-order valence-corrected chi connectivity index (χ3v) is 4.24. The van der Waals surface area contributed by atoms with E-state index in [0.717, 1.165) is 0 Å². The molecule has 0 bridgehead atoms. The van der Waals surface area contributed by atoms with Crippen LogP contribution in [-0.4, -0.2) is 31.1 Å². The maximum absolute atomic E-state index is 12.5. The van der Waals surface area contributed by atoms with Crippen LogP contribution in [0.1, 0.15) is 0 Å². The van der Waals surface area contributed by atoms with Crippen LogP contribution in [0.5, 0.6) is 11.5 Å². The van der Waals surface area contributed by atoms with Gasteiger partial charge in [0.25, 0.3) is 0 Å². The van der Waals surface area contributed by atoms with Gasteiger partial charge >= 0.3 is 11.9 Å². The number of aromatic nitrogens is 1. The molecular weight excluding hydrogens is 396 g/mol. The lowest BCUT2D eigenvalue weighted by Gasteiger charge is -2.24. The molecule has 0 saturated carbocycles. The number of benzene rings is 1. The fourth-order valence-electron chi connectivity index (χ4n) is 2.64. The Morgan fingerprint density at radius 1 is 1.03 bits per heavy atom. The highest BCUT2D eigenvalue weighted by Crippen LogP contribution is 2.35. The van der Waals surface area contributed by atoms with Gasteiger partial charge in [0.05, 0.1) is 36.7 Å². The van der Waals surface area contributed by atoms with Gasteiger partial charge in [0.15, 0.2) is 0 Å². The number of methoxy groups -OCH3 is 2. The Morgan fingerprint density at radius 3 is 2.48 bits per heavy atom. The second kappa shape index (κ2) is 9.07. The van der Waals surface area contributed by atoms with Crippen LogP contribution in [0, 0.1) is 0 Å². The minimum atomic E-state index is -0.714. The number of halogens is 1. The number of allylic oxidation sites excluding steroid dienone is 2. The number of carbonyl (C=O) groups is 2. The molecule has 0 aliphatic carbocycles. The smallest absolute Gasteiger partial charge is 0.355 e. The SMILES string of the molecule is COC(=O)C1=C(C(=O)OC)N(c2ccc(Oc3cccnc3)cc2Cl)C=CC=C1. The highest BCUT2D eigenvalue weighted by Gasteiger charge is 2.28. The number of hydrogen-bond donors (Lipinski definition) is 0. The van der Waals surface area contributed by atoms with Gasteiger partial charge in [-0.3, -0.25) is 4.98 Å². The average molecular weight is 413 g/mol. The van der Waals surface area contributed by atoms with Crippen molar-refractivity contribution in [2.75, 3.05) is 19.1 Å². The summed E-state index contributed by atoms with van der Waals surface area (Å²) in [4.78, 5) is 30.2. The molecule has 1 aliphatic heterocycles. The van der Waals surface area contributed by atoms with E-state index in [0.29, 0.717) is 22.2 Å². The van der Waals surface area contributed by atoms with E-state index in [2.05, 4.69) is 4.98 Å². The van der Waals surface area contributed by atoms with Crippen molar-refractivity contribution in [2.45, 2.75) is 0 Å². The molecule has 0 radical (unpaired) electrons. The first kappa shape index (κ1) is 20.2. The number of rotatable bonds is 5. The fraction of sp³-hybridized carbons (Fsp3) is 0.0952. The van der Waals surface area contributed by atoms with Gasteiger partial charge in [-0.25, -0.2) is 9.59 Å². The molecule has 1 aromatic heterocycles. The summed E-state index contributed by atoms with van der Waals surface area (Å²) in [6.07, 6.45) is 9.57. The first-order chi connectivity index (χ1) is 14.0. The standard InChI is InChI=1S/C21H17ClN2O5/c1-27-20(25)16-7-3-4-11-24(19(16)21(26)28-2)18-9-8-14(12-17(18)22)29-15-6-5-10-23-13-15/h3-13H,1-2H3. The number of pyridine rings is 1. The van der Waals surface area contributed by atoms with Crippen LogP contribution in [0.4, 0.5) is 5.69 Å². The Labute approximate surface area is 172 Å². The van der Waals surface area contributed by atoms with Gasteiger partial charge in [-0.1, -0.05) is 17.7 Å². The van der Waals surface area contributed by atoms with Crippen LogP contribution >= 0.6 is 11.6 Å². The third kappa shape index (κ3) is 4.47. The summed E-state index contributed by atoms with van der Waals surface area (Å²) >= 11 is 6.47. The summed E-state index contributed by atoms with van der Waals surface area (Å²) < 4.78 is 15.4. The van der Waals surface area contributed by atoms with E-state index in [9.17, 15) is 9.59 Å². The van der Waals surface area contributed by atoms with Crippen LogP contribution in [0.3, 0.4) is 0 Å². The molecule has 8 heteroatoms. The summed E-state index contributed by atoms with van der Waals surface area (Å²) in [5.74, 6) is -0.352. The molecule has 0 saturated heterocycles. The number of carbonyl (C=O) groups excluding carboxylic acids is 2. The van der Waals surface area contributed by atoms with Gasteiger partial charge in [0.2, 0.25) is 0 Å². The Bertz CT molecular complexity index is 1010. The fourth-order valence-corrected chi connectivity index (χ4v) is 2.90. The Balaban J connectivity index is 2.03. The van der Waals surface area contributed by atoms with E-state index < -0.39 is 11.9 Å². The topological polar surface area (TPSA) is 78.0 Å². The lowest BCUT2D eigenvalue weighted by molar-refractivity contribution is -0.139. The molecule has 0 spiro atoms. The minimum absolute atomic E-state index is 0.0211. The first-order valence-electron chi connectivity index (χ1n) is 8.47. The second-order valence-corrected chi connectivity index (χ2v) is 6.13. The van der Waals surface area contributed by atoms with Gasteiger partial charge in [0, 0.05) is 18.5 Å². The molecule has 29 heavy (non-hydrogen) atoms. The van der Waals surface area contributed by atoms with Crippen molar-refractivity contribution < 1.29 is 23.8 Å². The van der Waals surface area contributed by atoms with Crippen molar-refractivity contribution in [1.29, 1.82) is 0 Å². The van der Waals surface area contributed by atoms with Crippen LogP contribution in [-0.2, 0) is 19.1 Å². The monoisotopic (exact) mass is 412 g/mol. The van der Waals surface area contributed by atoms with Crippen LogP contribution in [0.25, 0.3) is 0 Å². The van der Waals surface area contributed by atoms with Crippen molar-refractivity contribution in [2.24, 2.45) is 0 Å². The molecule has 3 rings (SSSR count). The van der Waals surface area contributed by atoms with Crippen molar-refractivity contribution in [3.8, 4) is 11.5 Å². The van der Waals surface area contributed by atoms with Crippen LogP contribution in [0.15, 0.2) is 78.4 Å². The Morgan fingerprint density at radius 2 is 1.83 bits per heavy atom. The van der Waals surface area contributed by atoms with Crippen molar-refractivity contribution >= 4 is 29.2 Å². The summed E-state index contributed by atoms with van der Waals surface area (Å²) in [7, 11) is 2.46. The zero-order chi connectivity index (χ0) is 20.8. The van der Waals surface area contributed by atoms with E-state index >= 15 is 0 Å². The Kier molecular flexibility index (Phi) is 6.31. The minimum Gasteiger partial charge on any atom is -0.465 e. The number of ether oxygens (including phenoxy) is 3. The molecule has 2 aromatic rings. The van der Waals surface area contributed by atoms with E-state index in [1.807, 2.05) is 0 Å². The van der Waals surface area contributed by atoms with E-state index in [1.54, 1.807) is 61.1 Å². The number of hydrogen-bond acceptors (Lipinski definition) is 7. The third-order valence-electron chi connectivity index (χ3n) is 3.94. The normalized spacial score (nSPS) is 13.1. The van der Waals surface area contributed by atoms with Crippen LogP contribution in [0.2, 0.25) is 5.02 Å². The Hall–Kier alpha value is -3.58. The molecule has 1 aromatic carbocycles. The lowest BCUT2D eigenvalue weighted by Crippen LogP contribution is -2.27. The zero-order valence-corrected chi connectivity index (χ0v) is 16.4. The molecular formula is C21H17ClN2O5. The number of anilines is 1. The highest BCUT2D eigenvalue weighted by molar-refractivity contribution is 6.33. The van der Waals surface area contributed by atoms with Crippen molar-refractivity contribution in [1.82, 2.24) is 4.98 Å². The lowest BCUT2D eigenvalue weighted by atomic mass is 10.1. The molecule has 0 N–H and O–H groups in total. The predicted molar refractivity (Wildman–Crippen MR) is 108 cm³/mol. The molecule has 0 amide bonds. The zero-order valence-electron chi connectivity index (χ0n) is 15.7. The van der Waals surface area contributed by atoms with Gasteiger partial charge in [-0.15, -0.1) is 0 Å². The predicted octanol–water partition coefficient (Wildman–Crippen LogP) is 4.02. The average Bonchev–Trinajstić information content (AvgIpc) is 2.96. The van der Waals surface area contributed by atoms with Gasteiger partial charge in [-0.2, -0.15) is 0 Å². The summed E-state index contributed by atoms with van der Waals surface area (Å²) in [5, 5.41) is 0.295. The molecule has 2 heterocycles. The maximum atomic E-state index is 12.5. The first-order valence-corrected chi connectivity index (χ1v) is 8.85. The largest absolute Gasteiger partial charge is 0.465 e. The van der Waals surface area contributed by atoms with E-state index in [1.165, 1.54) is 25.2 Å². The second-order valence-electron chi connectivity index (χ2n) is 5.72. The van der Waals surface area contributed by atoms with Gasteiger partial charge < -0.3 is 19.1 Å². The van der Waals surface area contributed by atoms with Crippen molar-refractivity contribution in [3.05, 3.63) is 83.4 Å². The molecule has 1 aliphatic rings. The molecule has 148 valence electrons. The van der Waals surface area contributed by atoms with Crippen molar-refractivity contribution in [3.63, 3.8) is 0 Å². The van der Waals surface area contributed by atoms with Crippen LogP contribution < -0.4 is 9.64 Å². The van der Waals surface area contributed by atoms with Gasteiger partial charge in [-0.05, 0) is 36.4 Å². The summed E-state index contributed by atoms with van der Waals surface area (Å²) in [6.45, 7) is 0. The van der Waals surface area contributed by atoms with E-state index in [4.69, 9.17) is 25.8 Å². The van der Waals surface area contributed by atoms with Gasteiger partial charge in [0.1, 0.15) is 17.2 Å². The number of nitrogens with zero attached hydrogens (tertiary/aromatic N) is 2. The summed E-state index contributed by atoms with van der Waals surface area (Å²) in [6, 6.07) is 8.47. The quantitative estimate of drug-likeness (QED) is 0.686. The summed E-state index contributed by atoms with van der Waals surface area (Å²) in [5.41, 5.74) is 0.468. The highest BCUT2D eigenvalue weighted by atomic mass is 35.5. The molecule has 0 fully saturated rings. The maximum Gasteiger partial charge on any atom is 0.355 e. The molecule has 0 unspecified atom stereocenters.